The first-order chi connectivity index (χ1) is 20.6. The van der Waals surface area contributed by atoms with Crippen LogP contribution in [0.5, 0.6) is 0 Å². The number of carboxylic acids is 1. The molecule has 2 aromatic carbocycles. The van der Waals surface area contributed by atoms with Gasteiger partial charge in [-0.05, 0) is 36.6 Å². The number of carbonyl (C=O) groups excluding carboxylic acids is 4. The van der Waals surface area contributed by atoms with Gasteiger partial charge in [0, 0.05) is 29.9 Å². The van der Waals surface area contributed by atoms with E-state index >= 15 is 0 Å². The van der Waals surface area contributed by atoms with Crippen molar-refractivity contribution < 1.29 is 29.1 Å². The maximum Gasteiger partial charge on any atom is 0.326 e. The highest BCUT2D eigenvalue weighted by Gasteiger charge is 2.32. The van der Waals surface area contributed by atoms with Crippen molar-refractivity contribution in [2.24, 2.45) is 17.2 Å². The molecule has 0 spiro atoms. The monoisotopic (exact) mass is 593 g/mol. The van der Waals surface area contributed by atoms with Crippen molar-refractivity contribution in [1.82, 2.24) is 20.9 Å². The normalized spacial score (nSPS) is 13.8. The number of aromatic nitrogens is 1. The SMILES string of the molecule is NCCCCC(N)C(=O)NC(CC(N)=O)C(=O)NC(Cc1c[nH]c2ccccc12)C(=O)NC(Cc1ccccc1)C(=O)O. The third-order valence-electron chi connectivity index (χ3n) is 6.97. The Morgan fingerprint density at radius 2 is 1.42 bits per heavy atom. The molecule has 3 aromatic rings. The predicted molar refractivity (Wildman–Crippen MR) is 160 cm³/mol. The van der Waals surface area contributed by atoms with Gasteiger partial charge >= 0.3 is 5.97 Å². The molecule has 43 heavy (non-hydrogen) atoms. The molecule has 0 aliphatic rings. The number of para-hydroxylation sites is 1. The van der Waals surface area contributed by atoms with Gasteiger partial charge in [0.2, 0.25) is 23.6 Å². The fourth-order valence-electron chi connectivity index (χ4n) is 4.65. The van der Waals surface area contributed by atoms with Gasteiger partial charge in [-0.1, -0.05) is 55.0 Å². The van der Waals surface area contributed by atoms with Crippen LogP contribution in [-0.4, -0.2) is 70.4 Å². The summed E-state index contributed by atoms with van der Waals surface area (Å²) in [5.74, 6) is -4.38. The summed E-state index contributed by atoms with van der Waals surface area (Å²) in [5, 5.41) is 18.2. The topological polar surface area (TPSA) is 236 Å². The van der Waals surface area contributed by atoms with Gasteiger partial charge in [-0.15, -0.1) is 0 Å². The lowest BCUT2D eigenvalue weighted by atomic mass is 10.0. The third-order valence-corrected chi connectivity index (χ3v) is 6.97. The number of nitrogens with two attached hydrogens (primary N) is 3. The van der Waals surface area contributed by atoms with Gasteiger partial charge in [0.15, 0.2) is 0 Å². The molecule has 1 heterocycles. The molecule has 0 radical (unpaired) electrons. The molecule has 0 fully saturated rings. The third kappa shape index (κ3) is 9.94. The Labute approximate surface area is 248 Å². The van der Waals surface area contributed by atoms with Gasteiger partial charge in [0.1, 0.15) is 18.1 Å². The molecule has 4 atom stereocenters. The quantitative estimate of drug-likeness (QED) is 0.0975. The Balaban J connectivity index is 1.83. The fourth-order valence-corrected chi connectivity index (χ4v) is 4.65. The van der Waals surface area contributed by atoms with Crippen molar-refractivity contribution in [3.8, 4) is 0 Å². The average Bonchev–Trinajstić information content (AvgIpc) is 3.39. The second kappa shape index (κ2) is 16.0. The van der Waals surface area contributed by atoms with E-state index in [0.29, 0.717) is 36.9 Å². The van der Waals surface area contributed by atoms with Crippen molar-refractivity contribution in [3.63, 3.8) is 0 Å². The average molecular weight is 594 g/mol. The smallest absolute Gasteiger partial charge is 0.326 e. The lowest BCUT2D eigenvalue weighted by molar-refractivity contribution is -0.142. The Kier molecular flexibility index (Phi) is 12.2. The van der Waals surface area contributed by atoms with Crippen LogP contribution in [0.4, 0.5) is 0 Å². The first kappa shape index (κ1) is 32.8. The zero-order chi connectivity index (χ0) is 31.4. The molecular weight excluding hydrogens is 554 g/mol. The number of aromatic amines is 1. The Bertz CT molecular complexity index is 1410. The van der Waals surface area contributed by atoms with E-state index in [2.05, 4.69) is 20.9 Å². The van der Waals surface area contributed by atoms with E-state index in [1.165, 1.54) is 0 Å². The number of amides is 4. The number of nitrogens with one attached hydrogen (secondary N) is 4. The Hall–Kier alpha value is -4.75. The van der Waals surface area contributed by atoms with E-state index in [1.807, 2.05) is 24.3 Å². The Morgan fingerprint density at radius 3 is 2.09 bits per heavy atom. The van der Waals surface area contributed by atoms with Crippen molar-refractivity contribution in [3.05, 3.63) is 71.9 Å². The molecule has 13 heteroatoms. The molecular formula is C30H39N7O6. The maximum atomic E-state index is 13.6. The van der Waals surface area contributed by atoms with Crippen LogP contribution in [0.15, 0.2) is 60.8 Å². The number of hydrogen-bond acceptors (Lipinski definition) is 7. The van der Waals surface area contributed by atoms with E-state index < -0.39 is 60.2 Å². The van der Waals surface area contributed by atoms with Gasteiger partial charge in [-0.3, -0.25) is 19.2 Å². The maximum absolute atomic E-state index is 13.6. The second-order valence-corrected chi connectivity index (χ2v) is 10.3. The van der Waals surface area contributed by atoms with E-state index in [4.69, 9.17) is 17.2 Å². The van der Waals surface area contributed by atoms with Crippen LogP contribution in [-0.2, 0) is 36.8 Å². The number of aliphatic carboxylic acids is 1. The number of hydrogen-bond donors (Lipinski definition) is 8. The molecule has 230 valence electrons. The van der Waals surface area contributed by atoms with Gasteiger partial charge in [-0.2, -0.15) is 0 Å². The van der Waals surface area contributed by atoms with Crippen molar-refractivity contribution >= 4 is 40.5 Å². The molecule has 0 saturated carbocycles. The highest BCUT2D eigenvalue weighted by atomic mass is 16.4. The standard InChI is InChI=1S/C30H39N7O6/c31-13-7-6-11-21(32)27(39)35-24(16-26(33)38)29(41)36-23(15-19-17-34-22-12-5-4-10-20(19)22)28(40)37-25(30(42)43)14-18-8-2-1-3-9-18/h1-5,8-10,12,17,21,23-25,34H,6-7,11,13-16,31-32H2,(H2,33,38)(H,35,39)(H,36,41)(H,37,40)(H,42,43). The van der Waals surface area contributed by atoms with Gasteiger partial charge in [0.25, 0.3) is 0 Å². The van der Waals surface area contributed by atoms with Crippen molar-refractivity contribution in [2.75, 3.05) is 6.54 Å². The number of benzene rings is 2. The van der Waals surface area contributed by atoms with Crippen LogP contribution in [0, 0.1) is 0 Å². The molecule has 3 rings (SSSR count). The van der Waals surface area contributed by atoms with Crippen molar-refractivity contribution in [2.45, 2.75) is 62.7 Å². The number of carbonyl (C=O) groups is 5. The summed E-state index contributed by atoms with van der Waals surface area (Å²) in [6.45, 7) is 0.439. The number of primary amides is 1. The minimum absolute atomic E-state index is 0.0120. The fraction of sp³-hybridized carbons (Fsp3) is 0.367. The second-order valence-electron chi connectivity index (χ2n) is 10.3. The lowest BCUT2D eigenvalue weighted by Crippen LogP contribution is -2.58. The zero-order valence-electron chi connectivity index (χ0n) is 23.8. The summed E-state index contributed by atoms with van der Waals surface area (Å²) in [5.41, 5.74) is 19.0. The number of carboxylic acid groups (broad SMARTS) is 1. The molecule has 0 aliphatic carbocycles. The number of fused-ring (bicyclic) bond motifs is 1. The molecule has 1 aromatic heterocycles. The van der Waals surface area contributed by atoms with Crippen LogP contribution in [0.2, 0.25) is 0 Å². The van der Waals surface area contributed by atoms with Crippen LogP contribution in [0.3, 0.4) is 0 Å². The summed E-state index contributed by atoms with van der Waals surface area (Å²) in [7, 11) is 0. The molecule has 11 N–H and O–H groups in total. The molecule has 0 saturated heterocycles. The summed E-state index contributed by atoms with van der Waals surface area (Å²) >= 11 is 0. The van der Waals surface area contributed by atoms with E-state index in [-0.39, 0.29) is 12.8 Å². The first-order valence-corrected chi connectivity index (χ1v) is 14.1. The molecule has 0 aliphatic heterocycles. The molecule has 4 amide bonds. The van der Waals surface area contributed by atoms with Crippen LogP contribution in [0.1, 0.15) is 36.8 Å². The number of H-pyrrole nitrogens is 1. The van der Waals surface area contributed by atoms with Crippen LogP contribution in [0.25, 0.3) is 10.9 Å². The van der Waals surface area contributed by atoms with Crippen LogP contribution >= 0.6 is 0 Å². The van der Waals surface area contributed by atoms with E-state index in [9.17, 15) is 29.1 Å². The zero-order valence-corrected chi connectivity index (χ0v) is 23.8. The first-order valence-electron chi connectivity index (χ1n) is 14.1. The van der Waals surface area contributed by atoms with Gasteiger partial charge in [-0.25, -0.2) is 4.79 Å². The highest BCUT2D eigenvalue weighted by Crippen LogP contribution is 2.19. The van der Waals surface area contributed by atoms with Gasteiger partial charge in [0.05, 0.1) is 12.5 Å². The Morgan fingerprint density at radius 1 is 0.791 bits per heavy atom. The molecule has 13 nitrogen and oxygen atoms in total. The summed E-state index contributed by atoms with van der Waals surface area (Å²) in [4.78, 5) is 66.6. The minimum Gasteiger partial charge on any atom is -0.480 e. The van der Waals surface area contributed by atoms with Crippen LogP contribution < -0.4 is 33.2 Å². The van der Waals surface area contributed by atoms with E-state index in [0.717, 1.165) is 10.9 Å². The van der Waals surface area contributed by atoms with E-state index in [1.54, 1.807) is 36.5 Å². The predicted octanol–water partition coefficient (Wildman–Crippen LogP) is -0.176. The molecule has 4 unspecified atom stereocenters. The highest BCUT2D eigenvalue weighted by molar-refractivity contribution is 5.96. The summed E-state index contributed by atoms with van der Waals surface area (Å²) < 4.78 is 0. The minimum atomic E-state index is -1.41. The number of rotatable bonds is 17. The lowest BCUT2D eigenvalue weighted by Gasteiger charge is -2.25. The number of unbranched alkanes of at least 4 members (excludes halogenated alkanes) is 1. The largest absolute Gasteiger partial charge is 0.480 e. The molecule has 0 bridgehead atoms. The van der Waals surface area contributed by atoms with Crippen molar-refractivity contribution in [1.29, 1.82) is 0 Å². The summed E-state index contributed by atoms with van der Waals surface area (Å²) in [6.07, 6.45) is 2.72. The summed E-state index contributed by atoms with van der Waals surface area (Å²) in [6, 6.07) is 11.2. The van der Waals surface area contributed by atoms with Gasteiger partial charge < -0.3 is 43.2 Å².